The van der Waals surface area contributed by atoms with Gasteiger partial charge in [-0.15, -0.1) is 0 Å². The standard InChI is InChI=1S/C18H20O3/c1-12-9-10-16(13(2)11-12)18(21,14(3)17(19)20)15-7-5-4-6-8-15/h4-11,14,21H,1-3H3,(H,19,20). The van der Waals surface area contributed by atoms with Crippen LogP contribution in [0.3, 0.4) is 0 Å². The fourth-order valence-corrected chi connectivity index (χ4v) is 2.75. The average molecular weight is 284 g/mol. The van der Waals surface area contributed by atoms with Crippen LogP contribution in [-0.4, -0.2) is 16.2 Å². The van der Waals surface area contributed by atoms with E-state index in [2.05, 4.69) is 0 Å². The van der Waals surface area contributed by atoms with Crippen LogP contribution >= 0.6 is 0 Å². The summed E-state index contributed by atoms with van der Waals surface area (Å²) >= 11 is 0. The lowest BCUT2D eigenvalue weighted by atomic mass is 9.75. The summed E-state index contributed by atoms with van der Waals surface area (Å²) < 4.78 is 0. The first kappa shape index (κ1) is 15.3. The van der Waals surface area contributed by atoms with Gasteiger partial charge in [-0.3, -0.25) is 4.79 Å². The molecular formula is C18H20O3. The minimum absolute atomic E-state index is 0.590. The summed E-state index contributed by atoms with van der Waals surface area (Å²) in [6.07, 6.45) is 0. The molecule has 0 spiro atoms. The Labute approximate surface area is 124 Å². The molecule has 0 fully saturated rings. The summed E-state index contributed by atoms with van der Waals surface area (Å²) in [6.45, 7) is 5.40. The van der Waals surface area contributed by atoms with Gasteiger partial charge < -0.3 is 10.2 Å². The van der Waals surface area contributed by atoms with Crippen molar-refractivity contribution in [3.63, 3.8) is 0 Å². The molecule has 0 saturated heterocycles. The highest BCUT2D eigenvalue weighted by atomic mass is 16.4. The Balaban J connectivity index is 2.69. The van der Waals surface area contributed by atoms with E-state index in [1.165, 1.54) is 6.92 Å². The van der Waals surface area contributed by atoms with Crippen LogP contribution in [-0.2, 0) is 10.4 Å². The molecule has 0 heterocycles. The number of carboxylic acid groups (broad SMARTS) is 1. The molecule has 3 heteroatoms. The maximum atomic E-state index is 11.5. The van der Waals surface area contributed by atoms with Gasteiger partial charge in [-0.05, 0) is 37.5 Å². The number of hydrogen-bond acceptors (Lipinski definition) is 2. The Bertz CT molecular complexity index is 649. The molecule has 2 aromatic rings. The molecule has 2 aromatic carbocycles. The Morgan fingerprint density at radius 1 is 1.10 bits per heavy atom. The first-order chi connectivity index (χ1) is 9.87. The maximum absolute atomic E-state index is 11.5. The molecular weight excluding hydrogens is 264 g/mol. The molecule has 0 aromatic heterocycles. The lowest BCUT2D eigenvalue weighted by molar-refractivity contribution is -0.149. The molecule has 0 aliphatic carbocycles. The normalized spacial score (nSPS) is 15.2. The third-order valence-corrected chi connectivity index (χ3v) is 4.00. The number of hydrogen-bond donors (Lipinski definition) is 2. The zero-order valence-corrected chi connectivity index (χ0v) is 12.5. The number of carboxylic acids is 1. The second kappa shape index (κ2) is 5.70. The topological polar surface area (TPSA) is 57.5 Å². The van der Waals surface area contributed by atoms with Crippen molar-refractivity contribution in [2.45, 2.75) is 26.4 Å². The molecule has 0 radical (unpaired) electrons. The van der Waals surface area contributed by atoms with Crippen LogP contribution in [0, 0.1) is 19.8 Å². The second-order valence-electron chi connectivity index (χ2n) is 5.51. The van der Waals surface area contributed by atoms with E-state index in [1.54, 1.807) is 24.3 Å². The number of aryl methyl sites for hydroxylation is 2. The second-order valence-corrected chi connectivity index (χ2v) is 5.51. The molecule has 0 amide bonds. The lowest BCUT2D eigenvalue weighted by Gasteiger charge is -2.34. The molecule has 2 unspecified atom stereocenters. The lowest BCUT2D eigenvalue weighted by Crippen LogP contribution is -2.40. The summed E-state index contributed by atoms with van der Waals surface area (Å²) in [5.74, 6) is -1.98. The van der Waals surface area contributed by atoms with Gasteiger partial charge in [0.1, 0.15) is 5.60 Å². The molecule has 21 heavy (non-hydrogen) atoms. The van der Waals surface area contributed by atoms with Gasteiger partial charge in [0, 0.05) is 0 Å². The highest BCUT2D eigenvalue weighted by Crippen LogP contribution is 2.38. The first-order valence-electron chi connectivity index (χ1n) is 6.95. The minimum atomic E-state index is -1.55. The Hall–Kier alpha value is -2.13. The van der Waals surface area contributed by atoms with Crippen molar-refractivity contribution in [3.05, 3.63) is 70.8 Å². The smallest absolute Gasteiger partial charge is 0.309 e. The largest absolute Gasteiger partial charge is 0.481 e. The van der Waals surface area contributed by atoms with E-state index >= 15 is 0 Å². The van der Waals surface area contributed by atoms with Crippen molar-refractivity contribution in [2.24, 2.45) is 5.92 Å². The summed E-state index contributed by atoms with van der Waals surface area (Å²) in [4.78, 5) is 11.5. The van der Waals surface area contributed by atoms with Crippen LogP contribution < -0.4 is 0 Å². The average Bonchev–Trinajstić information content (AvgIpc) is 2.46. The van der Waals surface area contributed by atoms with E-state index in [0.29, 0.717) is 11.1 Å². The zero-order valence-electron chi connectivity index (χ0n) is 12.5. The number of benzene rings is 2. The molecule has 0 aliphatic heterocycles. The van der Waals surface area contributed by atoms with E-state index in [1.807, 2.05) is 38.1 Å². The molecule has 0 aliphatic rings. The highest BCUT2D eigenvalue weighted by Gasteiger charge is 2.42. The van der Waals surface area contributed by atoms with Crippen LogP contribution in [0.5, 0.6) is 0 Å². The Morgan fingerprint density at radius 3 is 2.24 bits per heavy atom. The van der Waals surface area contributed by atoms with E-state index in [9.17, 15) is 15.0 Å². The van der Waals surface area contributed by atoms with Gasteiger partial charge in [-0.25, -0.2) is 0 Å². The molecule has 0 bridgehead atoms. The van der Waals surface area contributed by atoms with Crippen LogP contribution in [0.1, 0.15) is 29.2 Å². The predicted octanol–water partition coefficient (Wildman–Crippen LogP) is 3.26. The zero-order chi connectivity index (χ0) is 15.6. The highest BCUT2D eigenvalue weighted by molar-refractivity contribution is 5.73. The quantitative estimate of drug-likeness (QED) is 0.906. The van der Waals surface area contributed by atoms with Gasteiger partial charge >= 0.3 is 5.97 Å². The monoisotopic (exact) mass is 284 g/mol. The van der Waals surface area contributed by atoms with Gasteiger partial charge in [-0.2, -0.15) is 0 Å². The minimum Gasteiger partial charge on any atom is -0.481 e. The molecule has 110 valence electrons. The third-order valence-electron chi connectivity index (χ3n) is 4.00. The third kappa shape index (κ3) is 2.69. The van der Waals surface area contributed by atoms with Crippen molar-refractivity contribution in [1.29, 1.82) is 0 Å². The fourth-order valence-electron chi connectivity index (χ4n) is 2.75. The predicted molar refractivity (Wildman–Crippen MR) is 82.2 cm³/mol. The summed E-state index contributed by atoms with van der Waals surface area (Å²) in [6, 6.07) is 14.6. The number of carbonyl (C=O) groups is 1. The van der Waals surface area contributed by atoms with E-state index in [-0.39, 0.29) is 0 Å². The maximum Gasteiger partial charge on any atom is 0.309 e. The molecule has 0 saturated carbocycles. The summed E-state index contributed by atoms with van der Waals surface area (Å²) in [7, 11) is 0. The fraction of sp³-hybridized carbons (Fsp3) is 0.278. The van der Waals surface area contributed by atoms with Crippen molar-refractivity contribution >= 4 is 5.97 Å². The van der Waals surface area contributed by atoms with Crippen LogP contribution in [0.25, 0.3) is 0 Å². The van der Waals surface area contributed by atoms with Crippen LogP contribution in [0.15, 0.2) is 48.5 Å². The van der Waals surface area contributed by atoms with Crippen molar-refractivity contribution in [2.75, 3.05) is 0 Å². The van der Waals surface area contributed by atoms with Gasteiger partial charge in [0.15, 0.2) is 0 Å². The first-order valence-corrected chi connectivity index (χ1v) is 6.95. The van der Waals surface area contributed by atoms with Crippen molar-refractivity contribution < 1.29 is 15.0 Å². The number of aliphatic hydroxyl groups is 1. The Morgan fingerprint density at radius 2 is 1.71 bits per heavy atom. The van der Waals surface area contributed by atoms with E-state index in [4.69, 9.17) is 0 Å². The number of rotatable bonds is 4. The summed E-state index contributed by atoms with van der Waals surface area (Å²) in [5.41, 5.74) is 1.63. The SMILES string of the molecule is Cc1ccc(C(O)(c2ccccc2)C(C)C(=O)O)c(C)c1. The molecule has 3 nitrogen and oxygen atoms in total. The van der Waals surface area contributed by atoms with Gasteiger partial charge in [-0.1, -0.05) is 54.1 Å². The van der Waals surface area contributed by atoms with Crippen molar-refractivity contribution in [3.8, 4) is 0 Å². The van der Waals surface area contributed by atoms with Crippen LogP contribution in [0.2, 0.25) is 0 Å². The number of aliphatic carboxylic acids is 1. The van der Waals surface area contributed by atoms with Crippen LogP contribution in [0.4, 0.5) is 0 Å². The van der Waals surface area contributed by atoms with E-state index < -0.39 is 17.5 Å². The van der Waals surface area contributed by atoms with Gasteiger partial charge in [0.05, 0.1) is 5.92 Å². The molecule has 2 atom stereocenters. The van der Waals surface area contributed by atoms with Gasteiger partial charge in [0.25, 0.3) is 0 Å². The molecule has 2 N–H and O–H groups in total. The van der Waals surface area contributed by atoms with Crippen molar-refractivity contribution in [1.82, 2.24) is 0 Å². The van der Waals surface area contributed by atoms with Gasteiger partial charge in [0.2, 0.25) is 0 Å². The molecule has 2 rings (SSSR count). The summed E-state index contributed by atoms with van der Waals surface area (Å²) in [5, 5.41) is 20.7. The Kier molecular flexibility index (Phi) is 4.14. The van der Waals surface area contributed by atoms with E-state index in [0.717, 1.165) is 11.1 Å².